The average Bonchev–Trinajstić information content (AvgIpc) is 3.06. The number of hydrogen-bond acceptors (Lipinski definition) is 5. The Balaban J connectivity index is 1.91. The number of benzene rings is 1. The molecule has 1 aliphatic heterocycles. The number of methoxy groups -OCH3 is 1. The summed E-state index contributed by atoms with van der Waals surface area (Å²) in [6.07, 6.45) is 4.04. The molecule has 6 heteroatoms. The Labute approximate surface area is 158 Å². The van der Waals surface area contributed by atoms with Crippen LogP contribution in [0.4, 0.5) is 4.39 Å². The molecule has 5 nitrogen and oxygen atoms in total. The van der Waals surface area contributed by atoms with E-state index >= 15 is 0 Å². The Morgan fingerprint density at radius 3 is 2.89 bits per heavy atom. The zero-order chi connectivity index (χ0) is 19.8. The number of fused-ring (bicyclic) bond motifs is 1. The van der Waals surface area contributed by atoms with Crippen molar-refractivity contribution in [2.75, 3.05) is 13.9 Å². The molecular formula is C21H25FO5. The lowest BCUT2D eigenvalue weighted by Crippen LogP contribution is -2.46. The number of ether oxygens (including phenoxy) is 3. The summed E-state index contributed by atoms with van der Waals surface area (Å²) in [6.45, 7) is 7.75. The third-order valence-corrected chi connectivity index (χ3v) is 5.79. The Kier molecular flexibility index (Phi) is 5.29. The van der Waals surface area contributed by atoms with Crippen molar-refractivity contribution >= 4 is 5.78 Å². The number of rotatable bonds is 6. The number of phenolic OH excluding ortho intramolecular Hbond substituents is 1. The summed E-state index contributed by atoms with van der Waals surface area (Å²) in [6, 6.07) is 2.54. The number of ketones is 1. The maximum atomic E-state index is 14.5. The van der Waals surface area contributed by atoms with Gasteiger partial charge in [0.25, 0.3) is 0 Å². The van der Waals surface area contributed by atoms with Crippen molar-refractivity contribution < 1.29 is 28.5 Å². The predicted molar refractivity (Wildman–Crippen MR) is 97.8 cm³/mol. The van der Waals surface area contributed by atoms with Crippen LogP contribution >= 0.6 is 0 Å². The van der Waals surface area contributed by atoms with Crippen LogP contribution in [0, 0.1) is 23.6 Å². The molecule has 0 amide bonds. The van der Waals surface area contributed by atoms with Gasteiger partial charge < -0.3 is 19.3 Å². The van der Waals surface area contributed by atoms with Crippen LogP contribution in [0.1, 0.15) is 25.8 Å². The van der Waals surface area contributed by atoms with Crippen LogP contribution in [0.3, 0.4) is 0 Å². The van der Waals surface area contributed by atoms with Crippen LogP contribution in [0.5, 0.6) is 11.5 Å². The van der Waals surface area contributed by atoms with E-state index < -0.39 is 11.4 Å². The third kappa shape index (κ3) is 3.34. The molecule has 1 saturated heterocycles. The number of halogens is 1. The number of aromatic hydroxyl groups is 1. The fourth-order valence-corrected chi connectivity index (χ4v) is 3.98. The van der Waals surface area contributed by atoms with E-state index in [0.29, 0.717) is 24.2 Å². The summed E-state index contributed by atoms with van der Waals surface area (Å²) >= 11 is 0. The van der Waals surface area contributed by atoms with E-state index in [-0.39, 0.29) is 41.8 Å². The molecule has 4 atom stereocenters. The van der Waals surface area contributed by atoms with Gasteiger partial charge in [0.15, 0.2) is 24.1 Å². The predicted octanol–water partition coefficient (Wildman–Crippen LogP) is 3.76. The minimum atomic E-state index is -0.794. The molecule has 0 aromatic heterocycles. The Hall–Kier alpha value is -2.34. The van der Waals surface area contributed by atoms with Gasteiger partial charge in [0.05, 0.1) is 7.11 Å². The van der Waals surface area contributed by atoms with Gasteiger partial charge in [-0.25, -0.2) is 4.39 Å². The number of allylic oxidation sites excluding steroid dienone is 2. The number of carbonyl (C=O) groups excluding carboxylic acids is 1. The number of carbonyl (C=O) groups is 1. The molecule has 1 aromatic carbocycles. The first-order valence-corrected chi connectivity index (χ1v) is 9.03. The lowest BCUT2D eigenvalue weighted by atomic mass is 9.69. The van der Waals surface area contributed by atoms with Gasteiger partial charge in [-0.05, 0) is 36.3 Å². The molecule has 146 valence electrons. The summed E-state index contributed by atoms with van der Waals surface area (Å²) in [5.41, 5.74) is -0.437. The van der Waals surface area contributed by atoms with Gasteiger partial charge in [-0.3, -0.25) is 4.79 Å². The first kappa shape index (κ1) is 19.4. The topological polar surface area (TPSA) is 65.0 Å². The maximum Gasteiger partial charge on any atom is 0.189 e. The van der Waals surface area contributed by atoms with Crippen LogP contribution < -0.4 is 4.74 Å². The van der Waals surface area contributed by atoms with Gasteiger partial charge in [0, 0.05) is 18.1 Å². The minimum absolute atomic E-state index is 0.000928. The van der Waals surface area contributed by atoms with Crippen molar-refractivity contribution in [3.8, 4) is 11.5 Å². The Bertz CT molecular complexity index is 787. The summed E-state index contributed by atoms with van der Waals surface area (Å²) in [5, 5.41) is 9.99. The highest BCUT2D eigenvalue weighted by molar-refractivity contribution is 5.94. The van der Waals surface area contributed by atoms with Gasteiger partial charge in [0.1, 0.15) is 17.2 Å². The largest absolute Gasteiger partial charge is 0.504 e. The summed E-state index contributed by atoms with van der Waals surface area (Å²) in [7, 11) is 1.37. The molecule has 0 bridgehead atoms. The number of phenols is 1. The van der Waals surface area contributed by atoms with Crippen molar-refractivity contribution in [1.82, 2.24) is 0 Å². The van der Waals surface area contributed by atoms with Gasteiger partial charge in [-0.15, -0.1) is 6.58 Å². The van der Waals surface area contributed by atoms with Crippen LogP contribution in [-0.2, 0) is 20.7 Å². The van der Waals surface area contributed by atoms with Gasteiger partial charge in [-0.2, -0.15) is 0 Å². The second-order valence-corrected chi connectivity index (χ2v) is 7.33. The van der Waals surface area contributed by atoms with E-state index in [2.05, 4.69) is 6.58 Å². The molecule has 0 radical (unpaired) electrons. The molecule has 27 heavy (non-hydrogen) atoms. The first-order chi connectivity index (χ1) is 12.8. The highest BCUT2D eigenvalue weighted by Gasteiger charge is 2.52. The van der Waals surface area contributed by atoms with E-state index in [1.165, 1.54) is 25.3 Å². The molecule has 1 aliphatic carbocycles. The average molecular weight is 376 g/mol. The fraction of sp³-hybridized carbons (Fsp3) is 0.476. The second kappa shape index (κ2) is 7.35. The van der Waals surface area contributed by atoms with Crippen molar-refractivity contribution in [3.05, 3.63) is 48.0 Å². The summed E-state index contributed by atoms with van der Waals surface area (Å²) < 4.78 is 31.0. The van der Waals surface area contributed by atoms with E-state index in [4.69, 9.17) is 14.2 Å². The van der Waals surface area contributed by atoms with Gasteiger partial charge in [-0.1, -0.05) is 19.9 Å². The van der Waals surface area contributed by atoms with Crippen molar-refractivity contribution in [2.24, 2.45) is 17.8 Å². The van der Waals surface area contributed by atoms with Gasteiger partial charge in [0.2, 0.25) is 0 Å². The van der Waals surface area contributed by atoms with E-state index in [9.17, 15) is 14.3 Å². The van der Waals surface area contributed by atoms with E-state index in [1.807, 2.05) is 13.8 Å². The standard InChI is InChI=1S/C21H25FO5/c1-5-12(2)15-10-21(20(9-17(15)23)26-11-27-21)13(3)6-14-7-18(24)19(25-4)8-16(14)22/h5,7-9,12-13,15,24H,1,6,10-11H2,2-4H3/t12?,13-,15-,21-/m1/s1. The van der Waals surface area contributed by atoms with Crippen LogP contribution in [-0.4, -0.2) is 30.4 Å². The molecule has 1 heterocycles. The highest BCUT2D eigenvalue weighted by Crippen LogP contribution is 2.47. The zero-order valence-corrected chi connectivity index (χ0v) is 15.8. The van der Waals surface area contributed by atoms with Crippen molar-refractivity contribution in [2.45, 2.75) is 32.3 Å². The zero-order valence-electron chi connectivity index (χ0n) is 15.8. The molecule has 1 aromatic rings. The lowest BCUT2D eigenvalue weighted by Gasteiger charge is -2.39. The highest BCUT2D eigenvalue weighted by atomic mass is 19.1. The molecule has 0 saturated carbocycles. The van der Waals surface area contributed by atoms with Crippen LogP contribution in [0.2, 0.25) is 0 Å². The SMILES string of the molecule is C=CC(C)[C@H]1C[C@]2([C@H](C)Cc3cc(O)c(OC)cc3F)OCOC2=CC1=O. The smallest absolute Gasteiger partial charge is 0.189 e. The van der Waals surface area contributed by atoms with Crippen LogP contribution in [0.15, 0.2) is 36.6 Å². The summed E-state index contributed by atoms with van der Waals surface area (Å²) in [4.78, 5) is 12.5. The molecular weight excluding hydrogens is 351 g/mol. The second-order valence-electron chi connectivity index (χ2n) is 7.33. The molecule has 0 spiro atoms. The van der Waals surface area contributed by atoms with Crippen molar-refractivity contribution in [1.29, 1.82) is 0 Å². The first-order valence-electron chi connectivity index (χ1n) is 9.03. The van der Waals surface area contributed by atoms with E-state index in [1.54, 1.807) is 6.08 Å². The molecule has 1 unspecified atom stereocenters. The van der Waals surface area contributed by atoms with Crippen molar-refractivity contribution in [3.63, 3.8) is 0 Å². The summed E-state index contributed by atoms with van der Waals surface area (Å²) in [5.74, 6) is -0.429. The minimum Gasteiger partial charge on any atom is -0.504 e. The molecule has 1 N–H and O–H groups in total. The van der Waals surface area contributed by atoms with Crippen LogP contribution in [0.25, 0.3) is 0 Å². The molecule has 3 rings (SSSR count). The fourth-order valence-electron chi connectivity index (χ4n) is 3.98. The quantitative estimate of drug-likeness (QED) is 0.766. The Morgan fingerprint density at radius 1 is 1.48 bits per heavy atom. The molecule has 1 fully saturated rings. The van der Waals surface area contributed by atoms with E-state index in [0.717, 1.165) is 0 Å². The maximum absolute atomic E-state index is 14.5. The van der Waals surface area contributed by atoms with Gasteiger partial charge >= 0.3 is 0 Å². The Morgan fingerprint density at radius 2 is 2.22 bits per heavy atom. The third-order valence-electron chi connectivity index (χ3n) is 5.79. The normalized spacial score (nSPS) is 26.6. The monoisotopic (exact) mass is 376 g/mol. The molecule has 2 aliphatic rings. The lowest BCUT2D eigenvalue weighted by molar-refractivity contribution is -0.124. The number of hydrogen-bond donors (Lipinski definition) is 1.